The molecule has 2 N–H and O–H groups in total. The van der Waals surface area contributed by atoms with Crippen LogP contribution in [0.3, 0.4) is 0 Å². The van der Waals surface area contributed by atoms with E-state index in [2.05, 4.69) is 26.0 Å². The molecule has 0 aliphatic carbocycles. The van der Waals surface area contributed by atoms with Gasteiger partial charge in [-0.15, -0.1) is 0 Å². The number of aliphatic hydroxyl groups excluding tert-OH is 1. The first-order chi connectivity index (χ1) is 8.31. The lowest BCUT2D eigenvalue weighted by atomic mass is 9.80. The summed E-state index contributed by atoms with van der Waals surface area (Å²) in [5.41, 5.74) is -0.804. The van der Waals surface area contributed by atoms with E-state index < -0.39 is 11.7 Å². The van der Waals surface area contributed by atoms with Gasteiger partial charge in [-0.3, -0.25) is 0 Å². The Morgan fingerprint density at radius 2 is 1.78 bits per heavy atom. The Balaban J connectivity index is 4.09. The topological polar surface area (TPSA) is 40.5 Å². The average Bonchev–Trinajstić information content (AvgIpc) is 2.26. The predicted octanol–water partition coefficient (Wildman–Crippen LogP) is 3.92. The first kappa shape index (κ1) is 17.7. The van der Waals surface area contributed by atoms with Crippen molar-refractivity contribution in [2.45, 2.75) is 78.4 Å². The molecule has 0 bridgehead atoms. The van der Waals surface area contributed by atoms with Crippen molar-refractivity contribution in [3.8, 4) is 0 Å². The monoisotopic (exact) mass is 256 g/mol. The van der Waals surface area contributed by atoms with E-state index in [0.29, 0.717) is 12.3 Å². The summed E-state index contributed by atoms with van der Waals surface area (Å²) < 4.78 is 0. The van der Waals surface area contributed by atoms with Crippen LogP contribution in [-0.2, 0) is 0 Å². The largest absolute Gasteiger partial charge is 0.393 e. The third kappa shape index (κ3) is 7.17. The Morgan fingerprint density at radius 1 is 1.17 bits per heavy atom. The van der Waals surface area contributed by atoms with Gasteiger partial charge in [0.15, 0.2) is 0 Å². The Hall–Kier alpha value is -0.340. The van der Waals surface area contributed by atoms with Gasteiger partial charge in [-0.05, 0) is 39.0 Å². The molecule has 0 aliphatic rings. The normalized spacial score (nSPS) is 20.6. The minimum absolute atomic E-state index is 0.103. The van der Waals surface area contributed by atoms with E-state index in [0.717, 1.165) is 6.42 Å². The van der Waals surface area contributed by atoms with Crippen LogP contribution < -0.4 is 0 Å². The molecule has 0 fully saturated rings. The Bertz CT molecular complexity index is 231. The van der Waals surface area contributed by atoms with Gasteiger partial charge in [0.25, 0.3) is 0 Å². The molecule has 2 heteroatoms. The van der Waals surface area contributed by atoms with Crippen molar-refractivity contribution >= 4 is 0 Å². The smallest absolute Gasteiger partial charge is 0.0675 e. The van der Waals surface area contributed by atoms with Gasteiger partial charge in [-0.2, -0.15) is 0 Å². The minimum Gasteiger partial charge on any atom is -0.393 e. The van der Waals surface area contributed by atoms with Crippen LogP contribution >= 0.6 is 0 Å². The van der Waals surface area contributed by atoms with Crippen molar-refractivity contribution in [2.24, 2.45) is 11.8 Å². The van der Waals surface area contributed by atoms with E-state index in [4.69, 9.17) is 0 Å². The highest BCUT2D eigenvalue weighted by Gasteiger charge is 2.32. The summed E-state index contributed by atoms with van der Waals surface area (Å²) in [5, 5.41) is 19.9. The number of aliphatic hydroxyl groups is 2. The number of hydrogen-bond acceptors (Lipinski definition) is 2. The van der Waals surface area contributed by atoms with Crippen LogP contribution in [0.5, 0.6) is 0 Å². The Labute approximate surface area is 113 Å². The van der Waals surface area contributed by atoms with E-state index in [1.165, 1.54) is 19.3 Å². The van der Waals surface area contributed by atoms with E-state index in [1.807, 2.05) is 13.8 Å². The first-order valence-corrected chi connectivity index (χ1v) is 7.38. The minimum atomic E-state index is -0.804. The second-order valence-corrected chi connectivity index (χ2v) is 5.99. The summed E-state index contributed by atoms with van der Waals surface area (Å²) in [5.74, 6) is 0.247. The zero-order valence-electron chi connectivity index (χ0n) is 12.8. The van der Waals surface area contributed by atoms with E-state index in [9.17, 15) is 10.2 Å². The number of unbranched alkanes of at least 4 members (excludes halogenated alkanes) is 3. The molecule has 0 radical (unpaired) electrons. The van der Waals surface area contributed by atoms with Crippen molar-refractivity contribution in [3.63, 3.8) is 0 Å². The fraction of sp³-hybridized carbons (Fsp3) is 0.875. The summed E-state index contributed by atoms with van der Waals surface area (Å²) >= 11 is 0. The Kier molecular flexibility index (Phi) is 8.54. The maximum atomic E-state index is 10.4. The molecule has 0 heterocycles. The Morgan fingerprint density at radius 3 is 2.28 bits per heavy atom. The molecule has 4 atom stereocenters. The summed E-state index contributed by atoms with van der Waals surface area (Å²) in [6, 6.07) is 0. The highest BCUT2D eigenvalue weighted by Crippen LogP contribution is 2.28. The van der Waals surface area contributed by atoms with Crippen molar-refractivity contribution in [1.29, 1.82) is 0 Å². The molecule has 0 aromatic heterocycles. The molecule has 2 nitrogen and oxygen atoms in total. The molecule has 0 saturated heterocycles. The molecule has 0 amide bonds. The molecule has 4 unspecified atom stereocenters. The molecule has 108 valence electrons. The molecule has 0 spiro atoms. The standard InChI is InChI=1S/C16H32O2/c1-6-7-8-9-10-11-13(2)12-16(5,18)14(3)15(4)17/h10-11,13-15,17-18H,6-9,12H2,1-5H3. The third-order valence-corrected chi connectivity index (χ3v) is 3.88. The van der Waals surface area contributed by atoms with Gasteiger partial charge >= 0.3 is 0 Å². The lowest BCUT2D eigenvalue weighted by molar-refractivity contribution is -0.0557. The molecule has 0 rings (SSSR count). The van der Waals surface area contributed by atoms with Crippen molar-refractivity contribution in [3.05, 3.63) is 12.2 Å². The van der Waals surface area contributed by atoms with E-state index >= 15 is 0 Å². The second kappa shape index (κ2) is 8.71. The first-order valence-electron chi connectivity index (χ1n) is 7.38. The zero-order chi connectivity index (χ0) is 14.2. The highest BCUT2D eigenvalue weighted by molar-refractivity contribution is 4.92. The van der Waals surface area contributed by atoms with Gasteiger partial charge in [-0.25, -0.2) is 0 Å². The van der Waals surface area contributed by atoms with Crippen molar-refractivity contribution < 1.29 is 10.2 Å². The second-order valence-electron chi connectivity index (χ2n) is 5.99. The van der Waals surface area contributed by atoms with Crippen LogP contribution in [0.15, 0.2) is 12.2 Å². The van der Waals surface area contributed by atoms with Crippen molar-refractivity contribution in [2.75, 3.05) is 0 Å². The highest BCUT2D eigenvalue weighted by atomic mass is 16.3. The predicted molar refractivity (Wildman–Crippen MR) is 78.5 cm³/mol. The van der Waals surface area contributed by atoms with Gasteiger partial charge in [0.2, 0.25) is 0 Å². The fourth-order valence-electron chi connectivity index (χ4n) is 2.27. The maximum absolute atomic E-state index is 10.4. The van der Waals surface area contributed by atoms with Crippen LogP contribution in [0, 0.1) is 11.8 Å². The molecule has 0 saturated carbocycles. The molecule has 18 heavy (non-hydrogen) atoms. The van der Waals surface area contributed by atoms with Crippen LogP contribution in [0.4, 0.5) is 0 Å². The summed E-state index contributed by atoms with van der Waals surface area (Å²) in [6.07, 6.45) is 9.57. The SMILES string of the molecule is CCCCCC=CC(C)CC(C)(O)C(C)C(C)O. The van der Waals surface area contributed by atoms with Crippen molar-refractivity contribution in [1.82, 2.24) is 0 Å². The third-order valence-electron chi connectivity index (χ3n) is 3.88. The quantitative estimate of drug-likeness (QED) is 0.485. The van der Waals surface area contributed by atoms with Crippen LogP contribution in [0.1, 0.15) is 66.7 Å². The molecular weight excluding hydrogens is 224 g/mol. The van der Waals surface area contributed by atoms with Crippen LogP contribution in [0.2, 0.25) is 0 Å². The summed E-state index contributed by atoms with van der Waals surface area (Å²) in [7, 11) is 0. The number of hydrogen-bond donors (Lipinski definition) is 2. The lowest BCUT2D eigenvalue weighted by Crippen LogP contribution is -2.40. The van der Waals surface area contributed by atoms with Gasteiger partial charge in [0.05, 0.1) is 11.7 Å². The van der Waals surface area contributed by atoms with Gasteiger partial charge < -0.3 is 10.2 Å². The zero-order valence-corrected chi connectivity index (χ0v) is 12.8. The molecule has 0 aromatic rings. The summed E-state index contributed by atoms with van der Waals surface area (Å²) in [4.78, 5) is 0. The van der Waals surface area contributed by atoms with Gasteiger partial charge in [0.1, 0.15) is 0 Å². The average molecular weight is 256 g/mol. The summed E-state index contributed by atoms with van der Waals surface area (Å²) in [6.45, 7) is 9.80. The van der Waals surface area contributed by atoms with Crippen LogP contribution in [0.25, 0.3) is 0 Å². The van der Waals surface area contributed by atoms with Crippen LogP contribution in [-0.4, -0.2) is 21.9 Å². The number of allylic oxidation sites excluding steroid dienone is 2. The fourth-order valence-corrected chi connectivity index (χ4v) is 2.27. The number of rotatable bonds is 9. The van der Waals surface area contributed by atoms with E-state index in [1.54, 1.807) is 6.92 Å². The molecule has 0 aromatic carbocycles. The lowest BCUT2D eigenvalue weighted by Gasteiger charge is -2.33. The maximum Gasteiger partial charge on any atom is 0.0675 e. The van der Waals surface area contributed by atoms with Gasteiger partial charge in [0, 0.05) is 5.92 Å². The molecule has 0 aliphatic heterocycles. The van der Waals surface area contributed by atoms with E-state index in [-0.39, 0.29) is 5.92 Å². The van der Waals surface area contributed by atoms with Gasteiger partial charge in [-0.1, -0.05) is 45.8 Å². The molecular formula is C16H32O2.